The van der Waals surface area contributed by atoms with Crippen molar-refractivity contribution in [3.8, 4) is 0 Å². The molecule has 4 nitrogen and oxygen atoms in total. The molecule has 0 rings (SSSR count). The van der Waals surface area contributed by atoms with E-state index in [2.05, 4.69) is 43.4 Å². The zero-order valence-corrected chi connectivity index (χ0v) is 16.9. The minimum Gasteiger partial charge on any atom is -0.481 e. The summed E-state index contributed by atoms with van der Waals surface area (Å²) in [6, 6.07) is 0. The fourth-order valence-corrected chi connectivity index (χ4v) is 2.05. The number of ether oxygens (including phenoxy) is 1. The van der Waals surface area contributed by atoms with E-state index in [0.717, 1.165) is 39.0 Å². The Morgan fingerprint density at radius 1 is 0.769 bits per heavy atom. The average molecular weight is 367 g/mol. The summed E-state index contributed by atoms with van der Waals surface area (Å²) in [5.74, 6) is -1.01. The van der Waals surface area contributed by atoms with Crippen LogP contribution in [0.3, 0.4) is 0 Å². The summed E-state index contributed by atoms with van der Waals surface area (Å²) in [4.78, 5) is 19.6. The number of carbonyl (C=O) groups is 2. The van der Waals surface area contributed by atoms with Crippen molar-refractivity contribution in [2.75, 3.05) is 6.61 Å². The van der Waals surface area contributed by atoms with Gasteiger partial charge in [-0.2, -0.15) is 0 Å². The van der Waals surface area contributed by atoms with Gasteiger partial charge in [0.05, 0.1) is 6.61 Å². The molecule has 26 heavy (non-hydrogen) atoms. The molecule has 0 bridgehead atoms. The SMILES string of the molecule is CC(=O)O.CCCCC/C=C\C/C=C\C/C=C\CCCCCOC(C)=O. The molecule has 0 atom stereocenters. The first-order chi connectivity index (χ1) is 12.5. The Kier molecular flexibility index (Phi) is 23.5. The van der Waals surface area contributed by atoms with Crippen molar-refractivity contribution in [3.63, 3.8) is 0 Å². The van der Waals surface area contributed by atoms with E-state index in [0.29, 0.717) is 6.61 Å². The Hall–Kier alpha value is -1.84. The smallest absolute Gasteiger partial charge is 0.302 e. The minimum absolute atomic E-state index is 0.178. The van der Waals surface area contributed by atoms with Crippen LogP contribution in [0.2, 0.25) is 0 Å². The normalized spacial score (nSPS) is 11.0. The van der Waals surface area contributed by atoms with Crippen molar-refractivity contribution in [1.29, 1.82) is 0 Å². The van der Waals surface area contributed by atoms with Crippen molar-refractivity contribution in [2.24, 2.45) is 0 Å². The number of carboxylic acid groups (broad SMARTS) is 1. The molecule has 0 aromatic heterocycles. The fourth-order valence-electron chi connectivity index (χ4n) is 2.05. The Morgan fingerprint density at radius 3 is 1.69 bits per heavy atom. The van der Waals surface area contributed by atoms with Gasteiger partial charge in [-0.05, 0) is 51.4 Å². The van der Waals surface area contributed by atoms with Crippen molar-refractivity contribution < 1.29 is 19.4 Å². The van der Waals surface area contributed by atoms with Crippen LogP contribution in [0, 0.1) is 0 Å². The average Bonchev–Trinajstić information content (AvgIpc) is 2.57. The molecule has 0 unspecified atom stereocenters. The number of aliphatic carboxylic acids is 1. The van der Waals surface area contributed by atoms with Crippen LogP contribution in [-0.2, 0) is 14.3 Å². The first-order valence-electron chi connectivity index (χ1n) is 9.78. The Balaban J connectivity index is 0. The van der Waals surface area contributed by atoms with Crippen LogP contribution >= 0.6 is 0 Å². The van der Waals surface area contributed by atoms with Crippen LogP contribution in [0.1, 0.15) is 85.0 Å². The molecule has 1 N–H and O–H groups in total. The molecular formula is C22H38O4. The first kappa shape index (κ1) is 26.4. The molecule has 0 saturated carbocycles. The van der Waals surface area contributed by atoms with E-state index >= 15 is 0 Å². The summed E-state index contributed by atoms with van der Waals surface area (Å²) >= 11 is 0. The molecule has 0 spiro atoms. The Bertz CT molecular complexity index is 404. The molecule has 0 aromatic rings. The molecular weight excluding hydrogens is 328 g/mol. The van der Waals surface area contributed by atoms with Crippen LogP contribution < -0.4 is 0 Å². The zero-order valence-electron chi connectivity index (χ0n) is 16.9. The van der Waals surface area contributed by atoms with Gasteiger partial charge in [0.1, 0.15) is 0 Å². The Morgan fingerprint density at radius 2 is 1.23 bits per heavy atom. The summed E-state index contributed by atoms with van der Waals surface area (Å²) in [7, 11) is 0. The highest BCUT2D eigenvalue weighted by Gasteiger charge is 1.92. The van der Waals surface area contributed by atoms with Gasteiger partial charge in [0.15, 0.2) is 0 Å². The van der Waals surface area contributed by atoms with Gasteiger partial charge in [-0.1, -0.05) is 56.2 Å². The van der Waals surface area contributed by atoms with Crippen LogP contribution in [0.5, 0.6) is 0 Å². The number of carboxylic acids is 1. The molecule has 0 amide bonds. The first-order valence-corrected chi connectivity index (χ1v) is 9.78. The minimum atomic E-state index is -0.833. The fraction of sp³-hybridized carbons (Fsp3) is 0.636. The number of allylic oxidation sites excluding steroid dienone is 6. The predicted octanol–water partition coefficient (Wildman–Crippen LogP) is 6.23. The summed E-state index contributed by atoms with van der Waals surface area (Å²) in [5.41, 5.74) is 0. The maximum Gasteiger partial charge on any atom is 0.302 e. The van der Waals surface area contributed by atoms with Crippen molar-refractivity contribution in [1.82, 2.24) is 0 Å². The summed E-state index contributed by atoms with van der Waals surface area (Å²) in [6.07, 6.45) is 25.1. The van der Waals surface area contributed by atoms with Crippen molar-refractivity contribution >= 4 is 11.9 Å². The van der Waals surface area contributed by atoms with Crippen LogP contribution in [-0.4, -0.2) is 23.7 Å². The summed E-state index contributed by atoms with van der Waals surface area (Å²) < 4.78 is 4.89. The number of hydrogen-bond acceptors (Lipinski definition) is 3. The lowest BCUT2D eigenvalue weighted by Gasteiger charge is -2.00. The molecule has 0 radical (unpaired) electrons. The third kappa shape index (κ3) is 33.7. The number of esters is 1. The van der Waals surface area contributed by atoms with Crippen LogP contribution in [0.15, 0.2) is 36.5 Å². The highest BCUT2D eigenvalue weighted by atomic mass is 16.5. The highest BCUT2D eigenvalue weighted by molar-refractivity contribution is 5.65. The Labute approximate surface area is 160 Å². The van der Waals surface area contributed by atoms with E-state index in [1.165, 1.54) is 39.0 Å². The second-order valence-electron chi connectivity index (χ2n) is 6.09. The van der Waals surface area contributed by atoms with E-state index in [1.54, 1.807) is 0 Å². The zero-order chi connectivity index (χ0) is 19.9. The molecule has 150 valence electrons. The molecule has 0 aliphatic carbocycles. The monoisotopic (exact) mass is 366 g/mol. The van der Waals surface area contributed by atoms with Gasteiger partial charge in [0.2, 0.25) is 0 Å². The third-order valence-electron chi connectivity index (χ3n) is 3.34. The van der Waals surface area contributed by atoms with Crippen LogP contribution in [0.25, 0.3) is 0 Å². The summed E-state index contributed by atoms with van der Waals surface area (Å²) in [6.45, 7) is 5.34. The molecule has 4 heteroatoms. The second-order valence-corrected chi connectivity index (χ2v) is 6.09. The standard InChI is InChI=1S/C20H34O2.C2H4O2/c1-3-4-5-6-7-8-9-10-11-12-13-14-15-16-17-18-19-22-20(2)21;1-2(3)4/h7-8,10-11,13-14H,3-6,9,12,15-19H2,1-2H3;1H3,(H,3,4)/b8-7-,11-10-,14-13-;. The third-order valence-corrected chi connectivity index (χ3v) is 3.34. The number of unbranched alkanes of at least 4 members (excludes halogenated alkanes) is 6. The predicted molar refractivity (Wildman–Crippen MR) is 109 cm³/mol. The van der Waals surface area contributed by atoms with Crippen molar-refractivity contribution in [3.05, 3.63) is 36.5 Å². The summed E-state index contributed by atoms with van der Waals surface area (Å²) in [5, 5.41) is 7.42. The van der Waals surface area contributed by atoms with Gasteiger partial charge in [-0.25, -0.2) is 0 Å². The van der Waals surface area contributed by atoms with Gasteiger partial charge < -0.3 is 9.84 Å². The van der Waals surface area contributed by atoms with E-state index < -0.39 is 5.97 Å². The lowest BCUT2D eigenvalue weighted by atomic mass is 10.2. The molecule has 0 aliphatic heterocycles. The van der Waals surface area contributed by atoms with E-state index in [1.807, 2.05) is 0 Å². The largest absolute Gasteiger partial charge is 0.481 e. The van der Waals surface area contributed by atoms with Crippen LogP contribution in [0.4, 0.5) is 0 Å². The maximum absolute atomic E-state index is 10.6. The number of carbonyl (C=O) groups excluding carboxylic acids is 1. The van der Waals surface area contributed by atoms with E-state index in [-0.39, 0.29) is 5.97 Å². The quantitative estimate of drug-likeness (QED) is 0.225. The van der Waals surface area contributed by atoms with Gasteiger partial charge in [-0.15, -0.1) is 0 Å². The molecule has 0 aromatic carbocycles. The molecule has 0 fully saturated rings. The maximum atomic E-state index is 10.6. The van der Waals surface area contributed by atoms with Gasteiger partial charge in [-0.3, -0.25) is 9.59 Å². The molecule has 0 saturated heterocycles. The van der Waals surface area contributed by atoms with Gasteiger partial charge >= 0.3 is 5.97 Å². The van der Waals surface area contributed by atoms with Gasteiger partial charge in [0, 0.05) is 13.8 Å². The molecule has 0 aliphatic rings. The lowest BCUT2D eigenvalue weighted by Crippen LogP contribution is -1.99. The topological polar surface area (TPSA) is 63.6 Å². The highest BCUT2D eigenvalue weighted by Crippen LogP contribution is 2.03. The number of hydrogen-bond donors (Lipinski definition) is 1. The second kappa shape index (κ2) is 23.2. The van der Waals surface area contributed by atoms with Crippen molar-refractivity contribution in [2.45, 2.75) is 85.0 Å². The lowest BCUT2D eigenvalue weighted by molar-refractivity contribution is -0.141. The number of rotatable bonds is 14. The van der Waals surface area contributed by atoms with E-state index in [4.69, 9.17) is 14.6 Å². The van der Waals surface area contributed by atoms with E-state index in [9.17, 15) is 4.79 Å². The van der Waals surface area contributed by atoms with Gasteiger partial charge in [0.25, 0.3) is 5.97 Å². The molecule has 0 heterocycles.